The molecule has 0 aliphatic heterocycles. The maximum absolute atomic E-state index is 12.7. The molecule has 0 atom stereocenters. The second kappa shape index (κ2) is 12.1. The Hall–Kier alpha value is -2.10. The number of hydrogen-bond acceptors (Lipinski definition) is 3. The van der Waals surface area contributed by atoms with Crippen molar-refractivity contribution in [2.24, 2.45) is 10.4 Å². The highest BCUT2D eigenvalue weighted by Crippen LogP contribution is 2.38. The normalized spacial score (nSPS) is 15.3. The van der Waals surface area contributed by atoms with E-state index >= 15 is 0 Å². The minimum Gasteiger partial charge on any atom is -0.356 e. The number of benzene rings is 1. The fraction of sp³-hybridized carbons (Fsp3) is 0.522. The van der Waals surface area contributed by atoms with Crippen LogP contribution in [0.25, 0.3) is 0 Å². The average Bonchev–Trinajstić information content (AvgIpc) is 3.41. The van der Waals surface area contributed by atoms with Crippen LogP contribution in [0.3, 0.4) is 0 Å². The predicted octanol–water partition coefficient (Wildman–Crippen LogP) is 2.91. The van der Waals surface area contributed by atoms with Gasteiger partial charge in [0.15, 0.2) is 5.96 Å². The molecule has 170 valence electrons. The highest BCUT2D eigenvalue weighted by Gasteiger charge is 2.42. The number of carbonyl (C=O) groups excluding carboxylic acids is 1. The van der Waals surface area contributed by atoms with Crippen LogP contribution in [-0.2, 0) is 17.8 Å². The molecule has 2 aromatic rings. The molecule has 1 saturated carbocycles. The number of aliphatic imine (C=N–C) groups is 1. The maximum Gasteiger partial charge on any atom is 0.230 e. The average molecular weight is 538 g/mol. The Morgan fingerprint density at radius 2 is 1.90 bits per heavy atom. The zero-order chi connectivity index (χ0) is 21.4. The van der Waals surface area contributed by atoms with Gasteiger partial charge in [-0.15, -0.1) is 24.0 Å². The number of carbonyl (C=O) groups is 1. The lowest BCUT2D eigenvalue weighted by Crippen LogP contribution is -2.49. The van der Waals surface area contributed by atoms with Crippen LogP contribution in [0.5, 0.6) is 0 Å². The summed E-state index contributed by atoms with van der Waals surface area (Å²) in [7, 11) is 5.45. The van der Waals surface area contributed by atoms with Crippen molar-refractivity contribution < 1.29 is 4.79 Å². The Labute approximate surface area is 202 Å². The third-order valence-corrected chi connectivity index (χ3v) is 5.88. The van der Waals surface area contributed by atoms with E-state index in [1.807, 2.05) is 32.6 Å². The second-order valence-corrected chi connectivity index (χ2v) is 8.25. The lowest BCUT2D eigenvalue weighted by Gasteiger charge is -2.31. The molecule has 0 spiro atoms. The third-order valence-electron chi connectivity index (χ3n) is 5.88. The van der Waals surface area contributed by atoms with E-state index in [0.29, 0.717) is 6.54 Å². The summed E-state index contributed by atoms with van der Waals surface area (Å²) < 4.78 is 2.18. The molecule has 0 saturated heterocycles. The van der Waals surface area contributed by atoms with Gasteiger partial charge in [-0.05, 0) is 18.4 Å². The van der Waals surface area contributed by atoms with E-state index in [4.69, 9.17) is 0 Å². The number of nitrogens with one attached hydrogen (secondary N) is 2. The van der Waals surface area contributed by atoms with Crippen LogP contribution in [0.15, 0.2) is 47.7 Å². The summed E-state index contributed by atoms with van der Waals surface area (Å²) in [5.74, 6) is 1.98. The van der Waals surface area contributed by atoms with Crippen molar-refractivity contribution in [3.8, 4) is 0 Å². The van der Waals surface area contributed by atoms with E-state index in [1.54, 1.807) is 11.9 Å². The Morgan fingerprint density at radius 1 is 1.19 bits per heavy atom. The van der Waals surface area contributed by atoms with Gasteiger partial charge < -0.3 is 20.1 Å². The molecule has 1 aliphatic rings. The first-order chi connectivity index (χ1) is 14.5. The van der Waals surface area contributed by atoms with Gasteiger partial charge in [0, 0.05) is 59.6 Å². The summed E-state index contributed by atoms with van der Waals surface area (Å²) >= 11 is 0. The van der Waals surface area contributed by atoms with E-state index in [0.717, 1.165) is 57.0 Å². The molecule has 1 heterocycles. The summed E-state index contributed by atoms with van der Waals surface area (Å²) in [6, 6.07) is 10.4. The van der Waals surface area contributed by atoms with E-state index in [9.17, 15) is 4.79 Å². The molecule has 1 aliphatic carbocycles. The van der Waals surface area contributed by atoms with Crippen LogP contribution < -0.4 is 10.6 Å². The first-order valence-electron chi connectivity index (χ1n) is 10.7. The Bertz CT molecular complexity index is 843. The number of hydrogen-bond donors (Lipinski definition) is 2. The maximum atomic E-state index is 12.7. The molecule has 1 aromatic carbocycles. The lowest BCUT2D eigenvalue weighted by atomic mass is 9.84. The van der Waals surface area contributed by atoms with Gasteiger partial charge in [-0.1, -0.05) is 43.2 Å². The molecule has 8 heteroatoms. The number of amides is 1. The fourth-order valence-electron chi connectivity index (χ4n) is 4.25. The van der Waals surface area contributed by atoms with Gasteiger partial charge in [0.2, 0.25) is 5.91 Å². The standard InChI is InChI=1S/C23H34N6O.HI/c1-24-22(27-18-23(12-7-8-13-23)21(30)28(2)3)26-14-11-20-25-15-16-29(20)17-19-9-5-4-6-10-19;/h4-6,9-10,15-16H,7-8,11-14,17-18H2,1-3H3,(H2,24,26,27);1H. The lowest BCUT2D eigenvalue weighted by molar-refractivity contribution is -0.138. The minimum atomic E-state index is -0.312. The molecule has 3 rings (SSSR count). The first kappa shape index (κ1) is 25.2. The Balaban J connectivity index is 0.00000341. The summed E-state index contributed by atoms with van der Waals surface area (Å²) in [6.45, 7) is 2.16. The number of aromatic nitrogens is 2. The summed E-state index contributed by atoms with van der Waals surface area (Å²) in [5.41, 5.74) is 0.946. The summed E-state index contributed by atoms with van der Waals surface area (Å²) in [5, 5.41) is 6.76. The van der Waals surface area contributed by atoms with Gasteiger partial charge >= 0.3 is 0 Å². The first-order valence-corrected chi connectivity index (χ1v) is 10.7. The molecule has 0 radical (unpaired) electrons. The topological polar surface area (TPSA) is 74.5 Å². The largest absolute Gasteiger partial charge is 0.356 e. The Morgan fingerprint density at radius 3 is 2.55 bits per heavy atom. The SMILES string of the molecule is CN=C(NCCc1nccn1Cc1ccccc1)NCC1(C(=O)N(C)C)CCCC1.I. The van der Waals surface area contributed by atoms with Gasteiger partial charge in [-0.25, -0.2) is 4.98 Å². The number of halogens is 1. The molecule has 31 heavy (non-hydrogen) atoms. The molecule has 1 amide bonds. The van der Waals surface area contributed by atoms with Crippen LogP contribution in [-0.4, -0.2) is 60.6 Å². The zero-order valence-corrected chi connectivity index (χ0v) is 21.1. The van der Waals surface area contributed by atoms with Gasteiger partial charge in [0.05, 0.1) is 5.41 Å². The van der Waals surface area contributed by atoms with Crippen molar-refractivity contribution in [3.63, 3.8) is 0 Å². The van der Waals surface area contributed by atoms with Crippen molar-refractivity contribution in [1.29, 1.82) is 0 Å². The zero-order valence-electron chi connectivity index (χ0n) is 18.8. The molecule has 0 unspecified atom stereocenters. The summed E-state index contributed by atoms with van der Waals surface area (Å²) in [4.78, 5) is 23.3. The number of imidazole rings is 1. The van der Waals surface area contributed by atoms with Crippen molar-refractivity contribution in [2.45, 2.75) is 38.6 Å². The monoisotopic (exact) mass is 538 g/mol. The summed E-state index contributed by atoms with van der Waals surface area (Å²) in [6.07, 6.45) is 8.75. The van der Waals surface area contributed by atoms with Crippen LogP contribution >= 0.6 is 24.0 Å². The number of nitrogens with zero attached hydrogens (tertiary/aromatic N) is 4. The van der Waals surface area contributed by atoms with E-state index in [1.165, 1.54) is 5.56 Å². The van der Waals surface area contributed by atoms with Crippen molar-refractivity contribution >= 4 is 35.8 Å². The highest BCUT2D eigenvalue weighted by atomic mass is 127. The van der Waals surface area contributed by atoms with Gasteiger partial charge in [0.1, 0.15) is 5.82 Å². The molecule has 0 bridgehead atoms. The van der Waals surface area contributed by atoms with Crippen molar-refractivity contribution in [2.75, 3.05) is 34.2 Å². The third kappa shape index (κ3) is 6.69. The van der Waals surface area contributed by atoms with E-state index < -0.39 is 0 Å². The van der Waals surface area contributed by atoms with Crippen LogP contribution in [0.2, 0.25) is 0 Å². The van der Waals surface area contributed by atoms with Crippen molar-refractivity contribution in [1.82, 2.24) is 25.1 Å². The molecule has 2 N–H and O–H groups in total. The van der Waals surface area contributed by atoms with Crippen LogP contribution in [0, 0.1) is 5.41 Å². The van der Waals surface area contributed by atoms with Gasteiger partial charge in [-0.2, -0.15) is 0 Å². The number of guanidine groups is 1. The van der Waals surface area contributed by atoms with E-state index in [-0.39, 0.29) is 35.3 Å². The predicted molar refractivity (Wildman–Crippen MR) is 136 cm³/mol. The second-order valence-electron chi connectivity index (χ2n) is 8.25. The van der Waals surface area contributed by atoms with Crippen LogP contribution in [0.1, 0.15) is 37.1 Å². The van der Waals surface area contributed by atoms with E-state index in [2.05, 4.69) is 49.4 Å². The molecule has 7 nitrogen and oxygen atoms in total. The van der Waals surface area contributed by atoms with Gasteiger partial charge in [-0.3, -0.25) is 9.79 Å². The van der Waals surface area contributed by atoms with Crippen molar-refractivity contribution in [3.05, 3.63) is 54.1 Å². The Kier molecular flexibility index (Phi) is 9.80. The smallest absolute Gasteiger partial charge is 0.230 e. The molecular formula is C23H35IN6O. The molecular weight excluding hydrogens is 503 g/mol. The highest BCUT2D eigenvalue weighted by molar-refractivity contribution is 14.0. The van der Waals surface area contributed by atoms with Crippen LogP contribution in [0.4, 0.5) is 0 Å². The molecule has 1 aromatic heterocycles. The number of rotatable bonds is 8. The van der Waals surface area contributed by atoms with Gasteiger partial charge in [0.25, 0.3) is 0 Å². The fourth-order valence-corrected chi connectivity index (χ4v) is 4.25. The molecule has 1 fully saturated rings. The minimum absolute atomic E-state index is 0. The quantitative estimate of drug-likeness (QED) is 0.308.